The highest BCUT2D eigenvalue weighted by atomic mass is 79.9. The van der Waals surface area contributed by atoms with E-state index in [4.69, 9.17) is 0 Å². The molecule has 2 aromatic rings. The lowest BCUT2D eigenvalue weighted by molar-refractivity contribution is 1.10. The maximum Gasteiger partial charge on any atom is 0.115 e. The van der Waals surface area contributed by atoms with Crippen molar-refractivity contribution in [1.82, 2.24) is 9.97 Å². The summed E-state index contributed by atoms with van der Waals surface area (Å²) in [4.78, 5) is 7.89. The summed E-state index contributed by atoms with van der Waals surface area (Å²) in [6.45, 7) is 2.85. The minimum absolute atomic E-state index is 0.770. The highest BCUT2D eigenvalue weighted by molar-refractivity contribution is 9.10. The van der Waals surface area contributed by atoms with Crippen molar-refractivity contribution in [1.29, 1.82) is 0 Å². The predicted molar refractivity (Wildman–Crippen MR) is 68.2 cm³/mol. The minimum atomic E-state index is 0.770. The van der Waals surface area contributed by atoms with Gasteiger partial charge in [0, 0.05) is 11.0 Å². The number of halogens is 1. The molecule has 0 saturated carbocycles. The van der Waals surface area contributed by atoms with Crippen molar-refractivity contribution in [3.63, 3.8) is 0 Å². The van der Waals surface area contributed by atoms with Gasteiger partial charge in [-0.25, -0.2) is 9.97 Å². The molecule has 2 rings (SSSR count). The Kier molecular flexibility index (Phi) is 3.51. The lowest BCUT2D eigenvalue weighted by atomic mass is 10.1. The summed E-state index contributed by atoms with van der Waals surface area (Å²) in [6.07, 6.45) is 5.04. The van der Waals surface area contributed by atoms with Crippen LogP contribution in [-0.2, 0) is 6.54 Å². The second-order valence-electron chi connectivity index (χ2n) is 3.56. The molecule has 3 nitrogen and oxygen atoms in total. The lowest BCUT2D eigenvalue weighted by Crippen LogP contribution is -2.00. The Hall–Kier alpha value is -1.42. The van der Waals surface area contributed by atoms with Crippen LogP contribution >= 0.6 is 15.9 Å². The molecule has 0 aliphatic carbocycles. The van der Waals surface area contributed by atoms with Gasteiger partial charge in [0.1, 0.15) is 6.33 Å². The van der Waals surface area contributed by atoms with Gasteiger partial charge in [-0.05, 0) is 24.1 Å². The Morgan fingerprint density at radius 2 is 2.00 bits per heavy atom. The van der Waals surface area contributed by atoms with Gasteiger partial charge in [-0.15, -0.1) is 0 Å². The van der Waals surface area contributed by atoms with Gasteiger partial charge >= 0.3 is 0 Å². The molecule has 0 unspecified atom stereocenters. The van der Waals surface area contributed by atoms with Crippen molar-refractivity contribution in [3.05, 3.63) is 52.5 Å². The Morgan fingerprint density at radius 3 is 2.69 bits per heavy atom. The van der Waals surface area contributed by atoms with Crippen molar-refractivity contribution in [3.8, 4) is 0 Å². The van der Waals surface area contributed by atoms with Gasteiger partial charge < -0.3 is 5.32 Å². The summed E-state index contributed by atoms with van der Waals surface area (Å²) in [5.74, 6) is 0. The topological polar surface area (TPSA) is 37.8 Å². The van der Waals surface area contributed by atoms with Crippen molar-refractivity contribution in [2.75, 3.05) is 5.32 Å². The fourth-order valence-corrected chi connectivity index (χ4v) is 1.77. The first kappa shape index (κ1) is 11.1. The summed E-state index contributed by atoms with van der Waals surface area (Å²) in [5, 5.41) is 3.26. The number of aryl methyl sites for hydroxylation is 1. The van der Waals surface area contributed by atoms with Crippen LogP contribution in [0.1, 0.15) is 11.1 Å². The number of anilines is 1. The number of hydrogen-bond donors (Lipinski definition) is 1. The Balaban J connectivity index is 2.03. The maximum atomic E-state index is 3.95. The molecule has 0 bridgehead atoms. The molecule has 4 heteroatoms. The van der Waals surface area contributed by atoms with E-state index in [1.165, 1.54) is 17.5 Å². The zero-order valence-electron chi connectivity index (χ0n) is 8.94. The van der Waals surface area contributed by atoms with Gasteiger partial charge in [-0.3, -0.25) is 0 Å². The third-order valence-corrected chi connectivity index (χ3v) is 3.15. The van der Waals surface area contributed by atoms with Crippen molar-refractivity contribution in [2.24, 2.45) is 0 Å². The maximum absolute atomic E-state index is 3.95. The second kappa shape index (κ2) is 5.07. The van der Waals surface area contributed by atoms with Gasteiger partial charge in [0.2, 0.25) is 0 Å². The second-order valence-corrected chi connectivity index (χ2v) is 4.42. The van der Waals surface area contributed by atoms with Crippen LogP contribution in [0, 0.1) is 6.92 Å². The molecule has 1 N–H and O–H groups in total. The van der Waals surface area contributed by atoms with E-state index in [1.54, 1.807) is 12.4 Å². The van der Waals surface area contributed by atoms with Crippen LogP contribution in [0.25, 0.3) is 0 Å². The molecule has 1 aromatic carbocycles. The van der Waals surface area contributed by atoms with E-state index in [9.17, 15) is 0 Å². The monoisotopic (exact) mass is 277 g/mol. The molecule has 0 aliphatic rings. The first-order valence-electron chi connectivity index (χ1n) is 4.99. The van der Waals surface area contributed by atoms with E-state index >= 15 is 0 Å². The molecule has 0 fully saturated rings. The number of aromatic nitrogens is 2. The van der Waals surface area contributed by atoms with Crippen LogP contribution in [0.15, 0.2) is 41.4 Å². The zero-order valence-corrected chi connectivity index (χ0v) is 10.5. The first-order valence-corrected chi connectivity index (χ1v) is 5.79. The molecule has 0 radical (unpaired) electrons. The van der Waals surface area contributed by atoms with Gasteiger partial charge in [0.15, 0.2) is 0 Å². The normalized spacial score (nSPS) is 10.1. The van der Waals surface area contributed by atoms with Gasteiger partial charge in [0.25, 0.3) is 0 Å². The van der Waals surface area contributed by atoms with Crippen molar-refractivity contribution >= 4 is 21.6 Å². The van der Waals surface area contributed by atoms with Crippen molar-refractivity contribution < 1.29 is 0 Å². The lowest BCUT2D eigenvalue weighted by Gasteiger charge is -2.06. The van der Waals surface area contributed by atoms with Crippen LogP contribution in [-0.4, -0.2) is 9.97 Å². The largest absolute Gasteiger partial charge is 0.378 e. The number of nitrogens with one attached hydrogen (secondary N) is 1. The molecular formula is C12H12BrN3. The molecule has 0 amide bonds. The molecule has 82 valence electrons. The average molecular weight is 278 g/mol. The minimum Gasteiger partial charge on any atom is -0.378 e. The van der Waals surface area contributed by atoms with Crippen LogP contribution in [0.4, 0.5) is 5.69 Å². The first-order chi connectivity index (χ1) is 7.75. The molecule has 0 saturated heterocycles. The molecule has 0 spiro atoms. The molecule has 0 aliphatic heterocycles. The number of benzene rings is 1. The smallest absolute Gasteiger partial charge is 0.115 e. The summed E-state index contributed by atoms with van der Waals surface area (Å²) < 4.78 is 1.14. The molecule has 16 heavy (non-hydrogen) atoms. The summed E-state index contributed by atoms with van der Waals surface area (Å²) in [6, 6.07) is 6.33. The van der Waals surface area contributed by atoms with E-state index in [2.05, 4.69) is 56.3 Å². The van der Waals surface area contributed by atoms with E-state index in [1.807, 2.05) is 0 Å². The average Bonchev–Trinajstić information content (AvgIpc) is 2.32. The Morgan fingerprint density at radius 1 is 1.25 bits per heavy atom. The highest BCUT2D eigenvalue weighted by Crippen LogP contribution is 2.18. The number of hydrogen-bond acceptors (Lipinski definition) is 3. The molecule has 1 aromatic heterocycles. The fourth-order valence-electron chi connectivity index (χ4n) is 1.34. The number of rotatable bonds is 3. The summed E-state index contributed by atoms with van der Waals surface area (Å²) in [7, 11) is 0. The van der Waals surface area contributed by atoms with Gasteiger partial charge in [0.05, 0.1) is 18.1 Å². The third kappa shape index (κ3) is 2.79. The van der Waals surface area contributed by atoms with Crippen molar-refractivity contribution in [2.45, 2.75) is 13.5 Å². The van der Waals surface area contributed by atoms with Crippen LogP contribution in [0.2, 0.25) is 0 Å². The van der Waals surface area contributed by atoms with Gasteiger partial charge in [-0.1, -0.05) is 28.1 Å². The van der Waals surface area contributed by atoms with Crippen LogP contribution in [0.3, 0.4) is 0 Å². The quantitative estimate of drug-likeness (QED) is 0.937. The Bertz CT molecular complexity index is 471. The van der Waals surface area contributed by atoms with E-state index in [0.717, 1.165) is 16.7 Å². The molecule has 0 atom stereocenters. The van der Waals surface area contributed by atoms with Crippen LogP contribution < -0.4 is 5.32 Å². The standard InChI is InChI=1S/C12H12BrN3/c1-9-2-3-10(4-12(9)13)5-16-11-6-14-8-15-7-11/h2-4,6-8,16H,5H2,1H3. The molecule has 1 heterocycles. The molecular weight excluding hydrogens is 266 g/mol. The van der Waals surface area contributed by atoms with E-state index in [-0.39, 0.29) is 0 Å². The zero-order chi connectivity index (χ0) is 11.4. The highest BCUT2D eigenvalue weighted by Gasteiger charge is 1.98. The van der Waals surface area contributed by atoms with Crippen LogP contribution in [0.5, 0.6) is 0 Å². The number of nitrogens with zero attached hydrogens (tertiary/aromatic N) is 2. The summed E-state index contributed by atoms with van der Waals surface area (Å²) in [5.41, 5.74) is 3.40. The SMILES string of the molecule is Cc1ccc(CNc2cncnc2)cc1Br. The third-order valence-electron chi connectivity index (χ3n) is 2.29. The van der Waals surface area contributed by atoms with Gasteiger partial charge in [-0.2, -0.15) is 0 Å². The van der Waals surface area contributed by atoms with E-state index in [0.29, 0.717) is 0 Å². The Labute approximate surface area is 103 Å². The summed E-state index contributed by atoms with van der Waals surface area (Å²) >= 11 is 3.52. The fraction of sp³-hybridized carbons (Fsp3) is 0.167. The van der Waals surface area contributed by atoms with E-state index < -0.39 is 0 Å². The predicted octanol–water partition coefficient (Wildman–Crippen LogP) is 3.16.